The number of hydrogen-bond acceptors (Lipinski definition) is 2. The van der Waals surface area contributed by atoms with E-state index >= 15 is 0 Å². The molecule has 1 aromatic heterocycles. The molecule has 0 saturated heterocycles. The number of nitrogens with zero attached hydrogens (tertiary/aromatic N) is 1. The van der Waals surface area contributed by atoms with Crippen LogP contribution in [0.2, 0.25) is 0 Å². The van der Waals surface area contributed by atoms with Crippen molar-refractivity contribution >= 4 is 16.7 Å². The van der Waals surface area contributed by atoms with Gasteiger partial charge in [-0.15, -0.1) is 0 Å². The zero-order chi connectivity index (χ0) is 16.7. The predicted octanol–water partition coefficient (Wildman–Crippen LogP) is 4.86. The second kappa shape index (κ2) is 5.28. The molecule has 1 heterocycles. The fourth-order valence-electron chi connectivity index (χ4n) is 2.61. The number of aromatic amines is 1. The topological polar surface area (TPSA) is 56.6 Å². The largest absolute Gasteiger partial charge is 0.352 e. The highest BCUT2D eigenvalue weighted by Gasteiger charge is 2.23. The van der Waals surface area contributed by atoms with Crippen LogP contribution in [0.25, 0.3) is 10.9 Å². The molecule has 116 valence electrons. The Bertz CT molecular complexity index is 762. The Hall–Kier alpha value is -2.08. The number of carbonyl (C=O) groups excluding carboxylic acids is 1. The molecule has 3 nitrogen and oxygen atoms in total. The van der Waals surface area contributed by atoms with Crippen LogP contribution in [-0.4, -0.2) is 10.8 Å². The molecule has 0 saturated carbocycles. The molecule has 0 aliphatic heterocycles. The van der Waals surface area contributed by atoms with Crippen molar-refractivity contribution in [2.45, 2.75) is 58.8 Å². The minimum absolute atomic E-state index is 0.0166. The first-order valence-electron chi connectivity index (χ1n) is 7.62. The summed E-state index contributed by atoms with van der Waals surface area (Å²) in [6.45, 7) is 13.1. The quantitative estimate of drug-likeness (QED) is 0.805. The summed E-state index contributed by atoms with van der Waals surface area (Å²) < 4.78 is 0. The van der Waals surface area contributed by atoms with Gasteiger partial charge >= 0.3 is 0 Å². The monoisotopic (exact) mass is 296 g/mol. The molecule has 2 aromatic rings. The van der Waals surface area contributed by atoms with Crippen LogP contribution in [0.1, 0.15) is 69.6 Å². The summed E-state index contributed by atoms with van der Waals surface area (Å²) in [7, 11) is 0. The number of carbonyl (C=O) groups is 1. The average Bonchev–Trinajstić information content (AvgIpc) is 2.79. The molecule has 22 heavy (non-hydrogen) atoms. The molecule has 0 spiro atoms. The van der Waals surface area contributed by atoms with Crippen molar-refractivity contribution in [3.8, 4) is 6.07 Å². The molecule has 0 unspecified atom stereocenters. The Morgan fingerprint density at radius 3 is 2.23 bits per heavy atom. The predicted molar refractivity (Wildman–Crippen MR) is 90.3 cm³/mol. The van der Waals surface area contributed by atoms with Gasteiger partial charge in [-0.25, -0.2) is 0 Å². The fourth-order valence-corrected chi connectivity index (χ4v) is 2.61. The lowest BCUT2D eigenvalue weighted by molar-refractivity contribution is 0.0994. The number of nitriles is 1. The molecule has 0 aliphatic carbocycles. The van der Waals surface area contributed by atoms with E-state index < -0.39 is 0 Å². The summed E-state index contributed by atoms with van der Waals surface area (Å²) in [5.74, 6) is -0.157. The molecular weight excluding hydrogens is 272 g/mol. The van der Waals surface area contributed by atoms with Crippen molar-refractivity contribution in [3.63, 3.8) is 0 Å². The lowest BCUT2D eigenvalue weighted by atomic mass is 9.79. The molecule has 1 aromatic carbocycles. The summed E-state index contributed by atoms with van der Waals surface area (Å²) in [4.78, 5) is 15.2. The van der Waals surface area contributed by atoms with Gasteiger partial charge in [0.1, 0.15) is 6.42 Å². The van der Waals surface area contributed by atoms with E-state index in [-0.39, 0.29) is 23.0 Å². The van der Waals surface area contributed by atoms with E-state index in [9.17, 15) is 4.79 Å². The van der Waals surface area contributed by atoms with E-state index in [4.69, 9.17) is 5.26 Å². The van der Waals surface area contributed by atoms with Crippen LogP contribution < -0.4 is 0 Å². The second-order valence-electron chi connectivity index (χ2n) is 7.93. The smallest absolute Gasteiger partial charge is 0.193 e. The van der Waals surface area contributed by atoms with E-state index in [2.05, 4.69) is 58.7 Å². The lowest BCUT2D eigenvalue weighted by Gasteiger charge is -2.25. The second-order valence-corrected chi connectivity index (χ2v) is 7.93. The third-order valence-electron chi connectivity index (χ3n) is 3.95. The Morgan fingerprint density at radius 1 is 1.09 bits per heavy atom. The highest BCUT2D eigenvalue weighted by molar-refractivity contribution is 6.01. The van der Waals surface area contributed by atoms with Crippen LogP contribution in [0, 0.1) is 11.3 Å². The first-order valence-corrected chi connectivity index (χ1v) is 7.62. The number of hydrogen-bond donors (Lipinski definition) is 1. The van der Waals surface area contributed by atoms with Gasteiger partial charge in [0.15, 0.2) is 5.78 Å². The van der Waals surface area contributed by atoms with E-state index in [1.165, 1.54) is 11.1 Å². The number of fused-ring (bicyclic) bond motifs is 1. The van der Waals surface area contributed by atoms with Gasteiger partial charge in [-0.1, -0.05) is 47.6 Å². The number of nitrogens with one attached hydrogen (secondary N) is 1. The van der Waals surface area contributed by atoms with Crippen LogP contribution in [0.5, 0.6) is 0 Å². The molecule has 0 bridgehead atoms. The standard InChI is InChI=1S/C19H24N2O/c1-18(2,3)12-9-14(19(4,5)6)13-11-16(17(22)7-8-20)21-15(13)10-12/h9-11,21H,7H2,1-6H3. The van der Waals surface area contributed by atoms with Crippen LogP contribution in [0.4, 0.5) is 0 Å². The minimum atomic E-state index is -0.157. The Kier molecular flexibility index (Phi) is 3.91. The zero-order valence-electron chi connectivity index (χ0n) is 14.3. The number of H-pyrrole nitrogens is 1. The van der Waals surface area contributed by atoms with Crippen molar-refractivity contribution in [1.82, 2.24) is 4.98 Å². The third kappa shape index (κ3) is 3.06. The fraction of sp³-hybridized carbons (Fsp3) is 0.474. The van der Waals surface area contributed by atoms with Crippen LogP contribution in [0.3, 0.4) is 0 Å². The molecule has 0 amide bonds. The Morgan fingerprint density at radius 2 is 1.73 bits per heavy atom. The lowest BCUT2D eigenvalue weighted by Crippen LogP contribution is -2.16. The molecule has 0 radical (unpaired) electrons. The number of rotatable bonds is 2. The maximum atomic E-state index is 12.0. The van der Waals surface area contributed by atoms with Crippen LogP contribution in [0.15, 0.2) is 18.2 Å². The summed E-state index contributed by atoms with van der Waals surface area (Å²) in [6.07, 6.45) is -0.0935. The SMILES string of the molecule is CC(C)(C)c1cc(C(C)(C)C)c2cc(C(=O)CC#N)[nH]c2c1. The summed E-state index contributed by atoms with van der Waals surface area (Å²) in [6, 6.07) is 8.18. The highest BCUT2D eigenvalue weighted by atomic mass is 16.1. The average molecular weight is 296 g/mol. The van der Waals surface area contributed by atoms with Crippen molar-refractivity contribution in [3.05, 3.63) is 35.0 Å². The summed E-state index contributed by atoms with van der Waals surface area (Å²) in [5, 5.41) is 9.79. The van der Waals surface area contributed by atoms with Gasteiger partial charge < -0.3 is 4.98 Å². The van der Waals surface area contributed by atoms with Gasteiger partial charge in [-0.05, 0) is 34.1 Å². The van der Waals surface area contributed by atoms with Crippen LogP contribution in [-0.2, 0) is 10.8 Å². The third-order valence-corrected chi connectivity index (χ3v) is 3.95. The number of benzene rings is 1. The zero-order valence-corrected chi connectivity index (χ0v) is 14.3. The van der Waals surface area contributed by atoms with Gasteiger partial charge in [0.2, 0.25) is 0 Å². The maximum Gasteiger partial charge on any atom is 0.193 e. The molecule has 0 fully saturated rings. The van der Waals surface area contributed by atoms with E-state index in [1.54, 1.807) is 0 Å². The van der Waals surface area contributed by atoms with Crippen molar-refractivity contribution in [2.75, 3.05) is 0 Å². The first-order chi connectivity index (χ1) is 10.0. The van der Waals surface area contributed by atoms with Crippen molar-refractivity contribution in [1.29, 1.82) is 5.26 Å². The summed E-state index contributed by atoms with van der Waals surface area (Å²) in [5.41, 5.74) is 3.98. The molecule has 1 N–H and O–H groups in total. The van der Waals surface area contributed by atoms with Gasteiger partial charge in [0.25, 0.3) is 0 Å². The van der Waals surface area contributed by atoms with Gasteiger partial charge in [-0.3, -0.25) is 4.79 Å². The Labute approximate surface area is 132 Å². The highest BCUT2D eigenvalue weighted by Crippen LogP contribution is 2.35. The van der Waals surface area contributed by atoms with E-state index in [0.717, 1.165) is 10.9 Å². The number of Topliss-reactive ketones (excluding diaryl/α,β-unsaturated/α-hetero) is 1. The number of ketones is 1. The Balaban J connectivity index is 2.74. The molecule has 0 atom stereocenters. The first kappa shape index (κ1) is 16.3. The summed E-state index contributed by atoms with van der Waals surface area (Å²) >= 11 is 0. The normalized spacial score (nSPS) is 12.4. The molecular formula is C19H24N2O. The van der Waals surface area contributed by atoms with Crippen molar-refractivity contribution < 1.29 is 4.79 Å². The van der Waals surface area contributed by atoms with Gasteiger partial charge in [0, 0.05) is 10.9 Å². The van der Waals surface area contributed by atoms with E-state index in [0.29, 0.717) is 5.69 Å². The molecule has 3 heteroatoms. The minimum Gasteiger partial charge on any atom is -0.352 e. The maximum absolute atomic E-state index is 12.0. The van der Waals surface area contributed by atoms with Crippen LogP contribution >= 0.6 is 0 Å². The molecule has 0 aliphatic rings. The molecule has 2 rings (SSSR count). The van der Waals surface area contributed by atoms with Gasteiger partial charge in [0.05, 0.1) is 11.8 Å². The van der Waals surface area contributed by atoms with E-state index in [1.807, 2.05) is 12.1 Å². The van der Waals surface area contributed by atoms with Crippen molar-refractivity contribution in [2.24, 2.45) is 0 Å². The van der Waals surface area contributed by atoms with Gasteiger partial charge in [-0.2, -0.15) is 5.26 Å². The number of aromatic nitrogens is 1.